The lowest BCUT2D eigenvalue weighted by Crippen LogP contribution is -2.28. The maximum Gasteiger partial charge on any atom is 0.254 e. The summed E-state index contributed by atoms with van der Waals surface area (Å²) in [5, 5.41) is 5.28. The van der Waals surface area contributed by atoms with Crippen molar-refractivity contribution in [3.8, 4) is 5.75 Å². The standard InChI is InChI=1S/C19H20F2N2O3/c1-26-15-5-2-4-13(10-15)12-23-18(24)6-3-9-22-19(25)16-8-7-14(20)11-17(16)21/h2,4-5,7-8,10-11H,3,6,9,12H2,1H3,(H,22,25)(H,23,24). The summed E-state index contributed by atoms with van der Waals surface area (Å²) in [5.41, 5.74) is 0.687. The second-order valence-corrected chi connectivity index (χ2v) is 5.61. The van der Waals surface area contributed by atoms with Gasteiger partial charge in [0.15, 0.2) is 0 Å². The average molecular weight is 362 g/mol. The SMILES string of the molecule is COc1cccc(CNC(=O)CCCNC(=O)c2ccc(F)cc2F)c1. The third-order valence-electron chi connectivity index (χ3n) is 3.67. The molecular formula is C19H20F2N2O3. The summed E-state index contributed by atoms with van der Waals surface area (Å²) in [4.78, 5) is 23.6. The highest BCUT2D eigenvalue weighted by Crippen LogP contribution is 2.12. The van der Waals surface area contributed by atoms with Crippen molar-refractivity contribution in [2.24, 2.45) is 0 Å². The normalized spacial score (nSPS) is 10.3. The van der Waals surface area contributed by atoms with E-state index >= 15 is 0 Å². The molecule has 0 aliphatic carbocycles. The van der Waals surface area contributed by atoms with Crippen LogP contribution in [-0.4, -0.2) is 25.5 Å². The van der Waals surface area contributed by atoms with Crippen molar-refractivity contribution in [2.45, 2.75) is 19.4 Å². The molecule has 2 amide bonds. The molecule has 0 aliphatic rings. The van der Waals surface area contributed by atoms with E-state index in [-0.39, 0.29) is 24.4 Å². The van der Waals surface area contributed by atoms with Gasteiger partial charge in [-0.1, -0.05) is 12.1 Å². The van der Waals surface area contributed by atoms with Gasteiger partial charge in [0.2, 0.25) is 5.91 Å². The number of carbonyl (C=O) groups is 2. The quantitative estimate of drug-likeness (QED) is 0.710. The minimum atomic E-state index is -0.918. The van der Waals surface area contributed by atoms with Gasteiger partial charge in [0, 0.05) is 25.6 Å². The number of hydrogen-bond donors (Lipinski definition) is 2. The Balaban J connectivity index is 1.68. The smallest absolute Gasteiger partial charge is 0.254 e. The highest BCUT2D eigenvalue weighted by Gasteiger charge is 2.12. The van der Waals surface area contributed by atoms with Crippen molar-refractivity contribution < 1.29 is 23.1 Å². The number of nitrogens with one attached hydrogen (secondary N) is 2. The van der Waals surface area contributed by atoms with Crippen molar-refractivity contribution >= 4 is 11.8 Å². The van der Waals surface area contributed by atoms with Crippen LogP contribution in [0.5, 0.6) is 5.75 Å². The number of halogens is 2. The zero-order valence-electron chi connectivity index (χ0n) is 14.4. The molecule has 5 nitrogen and oxygen atoms in total. The van der Waals surface area contributed by atoms with E-state index in [1.165, 1.54) is 0 Å². The molecule has 0 radical (unpaired) electrons. The molecule has 0 saturated carbocycles. The van der Waals surface area contributed by atoms with Gasteiger partial charge in [0.05, 0.1) is 12.7 Å². The lowest BCUT2D eigenvalue weighted by molar-refractivity contribution is -0.121. The van der Waals surface area contributed by atoms with Crippen molar-refractivity contribution in [3.05, 3.63) is 65.2 Å². The Kier molecular flexibility index (Phi) is 7.08. The van der Waals surface area contributed by atoms with E-state index in [1.807, 2.05) is 24.3 Å². The van der Waals surface area contributed by atoms with Crippen molar-refractivity contribution in [2.75, 3.05) is 13.7 Å². The molecular weight excluding hydrogens is 342 g/mol. The second kappa shape index (κ2) is 9.50. The summed E-state index contributed by atoms with van der Waals surface area (Å²) in [7, 11) is 1.57. The van der Waals surface area contributed by atoms with E-state index in [9.17, 15) is 18.4 Å². The van der Waals surface area contributed by atoms with E-state index in [0.29, 0.717) is 24.8 Å². The molecule has 2 aromatic rings. The van der Waals surface area contributed by atoms with Gasteiger partial charge in [-0.05, 0) is 36.2 Å². The van der Waals surface area contributed by atoms with Crippen LogP contribution >= 0.6 is 0 Å². The van der Waals surface area contributed by atoms with Crippen LogP contribution in [0.25, 0.3) is 0 Å². The van der Waals surface area contributed by atoms with Crippen molar-refractivity contribution in [1.82, 2.24) is 10.6 Å². The number of methoxy groups -OCH3 is 1. The Morgan fingerprint density at radius 2 is 1.88 bits per heavy atom. The zero-order chi connectivity index (χ0) is 18.9. The summed E-state index contributed by atoms with van der Waals surface area (Å²) in [6.45, 7) is 0.589. The fourth-order valence-corrected chi connectivity index (χ4v) is 2.29. The minimum Gasteiger partial charge on any atom is -0.497 e. The van der Waals surface area contributed by atoms with E-state index < -0.39 is 17.5 Å². The summed E-state index contributed by atoms with van der Waals surface area (Å²) < 4.78 is 31.4. The summed E-state index contributed by atoms with van der Waals surface area (Å²) in [5.74, 6) is -1.74. The van der Waals surface area contributed by atoms with Crippen molar-refractivity contribution in [1.29, 1.82) is 0 Å². The molecule has 0 aromatic heterocycles. The van der Waals surface area contributed by atoms with E-state index in [0.717, 1.165) is 17.7 Å². The first-order chi connectivity index (χ1) is 12.5. The van der Waals surface area contributed by atoms with Gasteiger partial charge in [0.25, 0.3) is 5.91 Å². The maximum absolute atomic E-state index is 13.5. The van der Waals surface area contributed by atoms with Crippen LogP contribution in [0.3, 0.4) is 0 Å². The van der Waals surface area contributed by atoms with Gasteiger partial charge < -0.3 is 15.4 Å². The molecule has 0 aliphatic heterocycles. The van der Waals surface area contributed by atoms with Gasteiger partial charge in [-0.25, -0.2) is 8.78 Å². The molecule has 7 heteroatoms. The number of rotatable bonds is 8. The van der Waals surface area contributed by atoms with Crippen LogP contribution in [0.1, 0.15) is 28.8 Å². The monoisotopic (exact) mass is 362 g/mol. The third-order valence-corrected chi connectivity index (χ3v) is 3.67. The molecule has 0 saturated heterocycles. The van der Waals surface area contributed by atoms with E-state index in [1.54, 1.807) is 7.11 Å². The number of benzene rings is 2. The predicted molar refractivity (Wildman–Crippen MR) is 92.8 cm³/mol. The first-order valence-corrected chi connectivity index (χ1v) is 8.12. The fraction of sp³-hybridized carbons (Fsp3) is 0.263. The highest BCUT2D eigenvalue weighted by molar-refractivity contribution is 5.94. The molecule has 0 fully saturated rings. The number of ether oxygens (including phenoxy) is 1. The van der Waals surface area contributed by atoms with Crippen LogP contribution < -0.4 is 15.4 Å². The number of carbonyl (C=O) groups excluding carboxylic acids is 2. The van der Waals surface area contributed by atoms with Gasteiger partial charge in [0.1, 0.15) is 17.4 Å². The molecule has 26 heavy (non-hydrogen) atoms. The number of amides is 2. The topological polar surface area (TPSA) is 67.4 Å². The molecule has 0 heterocycles. The minimum absolute atomic E-state index is 0.157. The molecule has 2 aromatic carbocycles. The summed E-state index contributed by atoms with van der Waals surface area (Å²) in [6.07, 6.45) is 0.620. The molecule has 138 valence electrons. The van der Waals surface area contributed by atoms with Gasteiger partial charge in [-0.2, -0.15) is 0 Å². The zero-order valence-corrected chi connectivity index (χ0v) is 14.4. The third kappa shape index (κ3) is 5.84. The summed E-state index contributed by atoms with van der Waals surface area (Å²) in [6, 6.07) is 10.1. The number of hydrogen-bond acceptors (Lipinski definition) is 3. The van der Waals surface area contributed by atoms with Crippen molar-refractivity contribution in [3.63, 3.8) is 0 Å². The van der Waals surface area contributed by atoms with Gasteiger partial charge >= 0.3 is 0 Å². The van der Waals surface area contributed by atoms with Crippen LogP contribution in [0.15, 0.2) is 42.5 Å². The maximum atomic E-state index is 13.5. The Morgan fingerprint density at radius 1 is 1.08 bits per heavy atom. The lowest BCUT2D eigenvalue weighted by atomic mass is 10.2. The predicted octanol–water partition coefficient (Wildman–Crippen LogP) is 2.80. The molecule has 2 N–H and O–H groups in total. The fourth-order valence-electron chi connectivity index (χ4n) is 2.29. The lowest BCUT2D eigenvalue weighted by Gasteiger charge is -2.08. The van der Waals surface area contributed by atoms with Gasteiger partial charge in [-0.3, -0.25) is 9.59 Å². The summed E-state index contributed by atoms with van der Waals surface area (Å²) >= 11 is 0. The Hall–Kier alpha value is -2.96. The van der Waals surface area contributed by atoms with E-state index in [4.69, 9.17) is 4.74 Å². The average Bonchev–Trinajstić information content (AvgIpc) is 2.63. The van der Waals surface area contributed by atoms with Crippen LogP contribution in [0, 0.1) is 11.6 Å². The molecule has 2 rings (SSSR count). The highest BCUT2D eigenvalue weighted by atomic mass is 19.1. The molecule has 0 atom stereocenters. The molecule has 0 unspecified atom stereocenters. The molecule has 0 spiro atoms. The Labute approximate surface area is 150 Å². The van der Waals surface area contributed by atoms with Crippen LogP contribution in [0.4, 0.5) is 8.78 Å². The first-order valence-electron chi connectivity index (χ1n) is 8.12. The second-order valence-electron chi connectivity index (χ2n) is 5.61. The van der Waals surface area contributed by atoms with Crippen LogP contribution in [-0.2, 0) is 11.3 Å². The largest absolute Gasteiger partial charge is 0.497 e. The van der Waals surface area contributed by atoms with Gasteiger partial charge in [-0.15, -0.1) is 0 Å². The Bertz CT molecular complexity index is 781. The van der Waals surface area contributed by atoms with Crippen LogP contribution in [0.2, 0.25) is 0 Å². The molecule has 0 bridgehead atoms. The Morgan fingerprint density at radius 3 is 2.62 bits per heavy atom. The first kappa shape index (κ1) is 19.4. The van der Waals surface area contributed by atoms with E-state index in [2.05, 4.69) is 10.6 Å².